The number of hydrogen-bond donors (Lipinski definition) is 1. The van der Waals surface area contributed by atoms with E-state index in [0.29, 0.717) is 21.9 Å². The van der Waals surface area contributed by atoms with Crippen molar-refractivity contribution in [2.75, 3.05) is 0 Å². The normalized spacial score (nSPS) is 14.2. The van der Waals surface area contributed by atoms with Gasteiger partial charge in [-0.25, -0.2) is 8.42 Å². The lowest BCUT2D eigenvalue weighted by Gasteiger charge is -2.43. The monoisotopic (exact) mass is 439 g/mol. The maximum absolute atomic E-state index is 13.5. The van der Waals surface area contributed by atoms with E-state index in [2.05, 4.69) is 0 Å². The molecule has 0 spiro atoms. The molecule has 9 heteroatoms. The topological polar surface area (TPSA) is 105 Å². The zero-order valence-electron chi connectivity index (χ0n) is 17.2. The van der Waals surface area contributed by atoms with Crippen LogP contribution in [-0.2, 0) is 20.1 Å². The first-order valence-electron chi connectivity index (χ1n) is 9.02. The van der Waals surface area contributed by atoms with E-state index in [1.165, 1.54) is 34.6 Å². The second-order valence-electron chi connectivity index (χ2n) is 9.00. The maximum atomic E-state index is 13.5. The summed E-state index contributed by atoms with van der Waals surface area (Å²) in [6.45, 7) is 11.0. The molecule has 0 fully saturated rings. The Morgan fingerprint density at radius 2 is 1.17 bits per heavy atom. The minimum absolute atomic E-state index is 0.0785. The summed E-state index contributed by atoms with van der Waals surface area (Å²) in [5.74, 6) is 0. The summed E-state index contributed by atoms with van der Waals surface area (Å²) in [7, 11) is -8.27. The largest absolute Gasteiger partial charge is 0.456 e. The summed E-state index contributed by atoms with van der Waals surface area (Å²) >= 11 is 0. The summed E-state index contributed by atoms with van der Waals surface area (Å²) in [5, 5.41) is 0.861. The Morgan fingerprint density at radius 3 is 1.59 bits per heavy atom. The number of nitrogens with zero attached hydrogens (tertiary/aromatic N) is 1. The van der Waals surface area contributed by atoms with Gasteiger partial charge in [0, 0.05) is 21.9 Å². The van der Waals surface area contributed by atoms with Crippen molar-refractivity contribution >= 4 is 42.1 Å². The molecule has 0 aliphatic carbocycles. The van der Waals surface area contributed by atoms with Crippen LogP contribution in [-0.4, -0.2) is 36.8 Å². The first kappa shape index (κ1) is 21.8. The SMILES string of the molecule is CC(C)(C)N(C(C)(C)C)S(=O)(=O)c1ccc2oc3ccc(S(=O)(=O)O)cc3c2c1. The molecule has 1 aromatic heterocycles. The van der Waals surface area contributed by atoms with Gasteiger partial charge >= 0.3 is 0 Å². The third kappa shape index (κ3) is 3.92. The lowest BCUT2D eigenvalue weighted by Crippen LogP contribution is -2.55. The van der Waals surface area contributed by atoms with Crippen molar-refractivity contribution in [2.24, 2.45) is 0 Å². The molecule has 2 aromatic carbocycles. The molecular formula is C20H25NO6S2. The van der Waals surface area contributed by atoms with Gasteiger partial charge in [0.2, 0.25) is 10.0 Å². The van der Waals surface area contributed by atoms with Crippen molar-refractivity contribution in [3.05, 3.63) is 36.4 Å². The van der Waals surface area contributed by atoms with E-state index in [1.807, 2.05) is 41.5 Å². The van der Waals surface area contributed by atoms with Gasteiger partial charge in [-0.3, -0.25) is 4.55 Å². The Kier molecular flexibility index (Phi) is 4.90. The number of fused-ring (bicyclic) bond motifs is 3. The van der Waals surface area contributed by atoms with Gasteiger partial charge in [0.05, 0.1) is 9.79 Å². The molecule has 3 rings (SSSR count). The van der Waals surface area contributed by atoms with Crippen molar-refractivity contribution in [1.29, 1.82) is 0 Å². The van der Waals surface area contributed by atoms with Crippen LogP contribution in [0.15, 0.2) is 50.6 Å². The number of benzene rings is 2. The summed E-state index contributed by atoms with van der Waals surface area (Å²) in [4.78, 5) is -0.207. The summed E-state index contributed by atoms with van der Waals surface area (Å²) in [5.41, 5.74) is -0.513. The molecule has 0 aliphatic rings. The van der Waals surface area contributed by atoms with E-state index < -0.39 is 31.2 Å². The number of hydrogen-bond acceptors (Lipinski definition) is 5. The Morgan fingerprint density at radius 1 is 0.759 bits per heavy atom. The molecule has 0 saturated carbocycles. The molecule has 0 unspecified atom stereocenters. The van der Waals surface area contributed by atoms with Crippen LogP contribution in [0.3, 0.4) is 0 Å². The standard InChI is InChI=1S/C20H25NO6S2/c1-19(2,3)21(20(4,5)6)28(22,23)13-7-9-17-15(11-13)16-12-14(29(24,25)26)8-10-18(16)27-17/h7-12H,1-6H3,(H,24,25,26). The number of sulfonamides is 1. The average molecular weight is 440 g/mol. The highest BCUT2D eigenvalue weighted by molar-refractivity contribution is 7.89. The van der Waals surface area contributed by atoms with Crippen LogP contribution in [0.2, 0.25) is 0 Å². The fourth-order valence-corrected chi connectivity index (χ4v) is 6.56. The van der Waals surface area contributed by atoms with Crippen LogP contribution in [0.25, 0.3) is 21.9 Å². The molecule has 3 aromatic rings. The molecule has 0 radical (unpaired) electrons. The molecule has 0 bridgehead atoms. The molecule has 29 heavy (non-hydrogen) atoms. The fraction of sp³-hybridized carbons (Fsp3) is 0.400. The van der Waals surface area contributed by atoms with Crippen molar-refractivity contribution in [2.45, 2.75) is 62.4 Å². The lowest BCUT2D eigenvalue weighted by molar-refractivity contribution is 0.140. The van der Waals surface area contributed by atoms with Gasteiger partial charge in [-0.15, -0.1) is 0 Å². The Balaban J connectivity index is 2.29. The van der Waals surface area contributed by atoms with Crippen LogP contribution in [0.5, 0.6) is 0 Å². The first-order chi connectivity index (χ1) is 13.0. The molecule has 1 N–H and O–H groups in total. The van der Waals surface area contributed by atoms with Gasteiger partial charge in [-0.05, 0) is 77.9 Å². The predicted molar refractivity (Wildman–Crippen MR) is 112 cm³/mol. The molecule has 0 saturated heterocycles. The van der Waals surface area contributed by atoms with Crippen molar-refractivity contribution in [3.63, 3.8) is 0 Å². The van der Waals surface area contributed by atoms with Crippen LogP contribution in [0.1, 0.15) is 41.5 Å². The molecule has 7 nitrogen and oxygen atoms in total. The van der Waals surface area contributed by atoms with E-state index in [0.717, 1.165) is 0 Å². The summed E-state index contributed by atoms with van der Waals surface area (Å²) in [6, 6.07) is 8.46. The highest BCUT2D eigenvalue weighted by Crippen LogP contribution is 2.36. The zero-order chi connectivity index (χ0) is 22.0. The van der Waals surface area contributed by atoms with Crippen molar-refractivity contribution in [1.82, 2.24) is 4.31 Å². The molecule has 0 atom stereocenters. The Hall–Kier alpha value is -1.94. The molecule has 158 valence electrons. The van der Waals surface area contributed by atoms with Gasteiger partial charge in [0.1, 0.15) is 11.2 Å². The molecule has 1 heterocycles. The quantitative estimate of drug-likeness (QED) is 0.606. The van der Waals surface area contributed by atoms with Crippen molar-refractivity contribution < 1.29 is 25.8 Å². The first-order valence-corrected chi connectivity index (χ1v) is 11.9. The van der Waals surface area contributed by atoms with E-state index in [4.69, 9.17) is 4.42 Å². The van der Waals surface area contributed by atoms with E-state index in [9.17, 15) is 21.4 Å². The average Bonchev–Trinajstić information content (AvgIpc) is 2.87. The Labute approximate surface area is 171 Å². The fourth-order valence-electron chi connectivity index (χ4n) is 3.89. The highest BCUT2D eigenvalue weighted by atomic mass is 32.2. The second-order valence-corrected chi connectivity index (χ2v) is 12.2. The van der Waals surface area contributed by atoms with E-state index in [1.54, 1.807) is 6.07 Å². The second kappa shape index (κ2) is 6.53. The molecule has 0 amide bonds. The third-order valence-electron chi connectivity index (χ3n) is 4.47. The van der Waals surface area contributed by atoms with Crippen LogP contribution in [0.4, 0.5) is 0 Å². The molecule has 0 aliphatic heterocycles. The van der Waals surface area contributed by atoms with Gasteiger partial charge in [-0.2, -0.15) is 12.7 Å². The van der Waals surface area contributed by atoms with Gasteiger partial charge < -0.3 is 4.42 Å². The highest BCUT2D eigenvalue weighted by Gasteiger charge is 2.41. The Bertz CT molecular complexity index is 1290. The lowest BCUT2D eigenvalue weighted by atomic mass is 10.0. The number of furan rings is 1. The summed E-state index contributed by atoms with van der Waals surface area (Å²) < 4.78 is 66.5. The van der Waals surface area contributed by atoms with Gasteiger partial charge in [-0.1, -0.05) is 0 Å². The van der Waals surface area contributed by atoms with E-state index >= 15 is 0 Å². The van der Waals surface area contributed by atoms with Crippen LogP contribution < -0.4 is 0 Å². The maximum Gasteiger partial charge on any atom is 0.294 e. The third-order valence-corrected chi connectivity index (χ3v) is 7.74. The smallest absolute Gasteiger partial charge is 0.294 e. The van der Waals surface area contributed by atoms with Crippen LogP contribution in [0, 0.1) is 0 Å². The minimum atomic E-state index is -4.40. The van der Waals surface area contributed by atoms with Crippen LogP contribution >= 0.6 is 0 Å². The zero-order valence-corrected chi connectivity index (χ0v) is 18.8. The minimum Gasteiger partial charge on any atom is -0.456 e. The number of rotatable bonds is 3. The van der Waals surface area contributed by atoms with Crippen molar-refractivity contribution in [3.8, 4) is 0 Å². The van der Waals surface area contributed by atoms with Gasteiger partial charge in [0.15, 0.2) is 0 Å². The van der Waals surface area contributed by atoms with Gasteiger partial charge in [0.25, 0.3) is 10.1 Å². The van der Waals surface area contributed by atoms with E-state index in [-0.39, 0.29) is 9.79 Å². The summed E-state index contributed by atoms with van der Waals surface area (Å²) in [6.07, 6.45) is 0. The predicted octanol–water partition coefficient (Wildman–Crippen LogP) is 4.42. The molecular weight excluding hydrogens is 414 g/mol.